The Morgan fingerprint density at radius 3 is 2.38 bits per heavy atom. The first kappa shape index (κ1) is 35.4. The molecule has 1 amide bonds. The lowest BCUT2D eigenvalue weighted by atomic mass is 9.89. The van der Waals surface area contributed by atoms with Crippen molar-refractivity contribution < 1.29 is 27.5 Å². The molecule has 5 rings (SSSR count). The Balaban J connectivity index is 1.46. The third kappa shape index (κ3) is 7.38. The predicted octanol–water partition coefficient (Wildman–Crippen LogP) is 7.46. The summed E-state index contributed by atoms with van der Waals surface area (Å²) in [6, 6.07) is 4.59. The maximum Gasteiger partial charge on any atom is 0.410 e. The molecule has 1 unspecified atom stereocenters. The van der Waals surface area contributed by atoms with E-state index in [2.05, 4.69) is 61.2 Å². The van der Waals surface area contributed by atoms with Gasteiger partial charge in [-0.15, -0.1) is 5.10 Å². The van der Waals surface area contributed by atoms with Gasteiger partial charge in [-0.05, 0) is 83.8 Å². The van der Waals surface area contributed by atoms with Gasteiger partial charge in [0.15, 0.2) is 20.2 Å². The summed E-state index contributed by atoms with van der Waals surface area (Å²) in [7, 11) is -2.22. The van der Waals surface area contributed by atoms with Gasteiger partial charge in [-0.1, -0.05) is 26.0 Å². The number of amides is 1. The lowest BCUT2D eigenvalue weighted by molar-refractivity contribution is 0.0117. The molecule has 0 aliphatic carbocycles. The van der Waals surface area contributed by atoms with Gasteiger partial charge in [-0.2, -0.15) is 5.10 Å². The standard InChI is InChI=1S/C34H47F2N7O4Si/c1-22-29(39-40-43(22)34(8)13-15-41(16-14-34)31(44)47-32(2,3)4)23-17-27(30-25(36)19-38-42(30)20-23)46-28(26-12-11-24(35)18-37-26)21-45-48(9,10)33(5,6)7/h11-12,17-20,28H,13-16,21H2,1-10H3. The normalized spacial score (nSPS) is 16.3. The number of aromatic nitrogens is 6. The summed E-state index contributed by atoms with van der Waals surface area (Å²) in [5.74, 6) is -0.822. The van der Waals surface area contributed by atoms with Crippen molar-refractivity contribution in [1.29, 1.82) is 0 Å². The van der Waals surface area contributed by atoms with Crippen LogP contribution in [-0.4, -0.2) is 74.2 Å². The smallest absolute Gasteiger partial charge is 0.410 e. The zero-order valence-corrected chi connectivity index (χ0v) is 30.6. The molecule has 4 aromatic heterocycles. The van der Waals surface area contributed by atoms with Crippen molar-refractivity contribution in [1.82, 2.24) is 34.5 Å². The highest BCUT2D eigenvalue weighted by Gasteiger charge is 2.39. The molecule has 1 fully saturated rings. The highest BCUT2D eigenvalue weighted by molar-refractivity contribution is 6.74. The Labute approximate surface area is 281 Å². The molecule has 0 aromatic carbocycles. The molecule has 14 heteroatoms. The average Bonchev–Trinajstić information content (AvgIpc) is 3.57. The first-order chi connectivity index (χ1) is 22.3. The van der Waals surface area contributed by atoms with Crippen LogP contribution >= 0.6 is 0 Å². The first-order valence-corrected chi connectivity index (χ1v) is 19.2. The fourth-order valence-electron chi connectivity index (χ4n) is 5.50. The Kier molecular flexibility index (Phi) is 9.47. The number of carbonyl (C=O) groups is 1. The van der Waals surface area contributed by atoms with Gasteiger partial charge >= 0.3 is 6.09 Å². The molecular formula is C34H47F2N7O4Si. The number of likely N-dealkylation sites (tertiary alicyclic amines) is 1. The van der Waals surface area contributed by atoms with E-state index in [1.165, 1.54) is 10.6 Å². The number of carbonyl (C=O) groups excluding carboxylic acids is 1. The van der Waals surface area contributed by atoms with Crippen molar-refractivity contribution in [3.8, 4) is 17.0 Å². The lowest BCUT2D eigenvalue weighted by Crippen LogP contribution is -2.48. The van der Waals surface area contributed by atoms with Crippen molar-refractivity contribution in [2.24, 2.45) is 0 Å². The number of rotatable bonds is 8. The van der Waals surface area contributed by atoms with Gasteiger partial charge in [0.1, 0.15) is 28.4 Å². The van der Waals surface area contributed by atoms with Crippen LogP contribution in [0.1, 0.15) is 78.8 Å². The van der Waals surface area contributed by atoms with E-state index >= 15 is 4.39 Å². The van der Waals surface area contributed by atoms with E-state index in [1.54, 1.807) is 23.2 Å². The van der Waals surface area contributed by atoms with Crippen LogP contribution in [0.4, 0.5) is 13.6 Å². The maximum absolute atomic E-state index is 15.2. The lowest BCUT2D eigenvalue weighted by Gasteiger charge is -2.40. The molecule has 0 radical (unpaired) electrons. The van der Waals surface area contributed by atoms with Crippen molar-refractivity contribution in [3.05, 3.63) is 59.8 Å². The van der Waals surface area contributed by atoms with E-state index in [0.29, 0.717) is 42.9 Å². The maximum atomic E-state index is 15.2. The van der Waals surface area contributed by atoms with Crippen molar-refractivity contribution in [2.75, 3.05) is 19.7 Å². The minimum Gasteiger partial charge on any atom is -0.479 e. The molecule has 260 valence electrons. The molecule has 0 saturated carbocycles. The van der Waals surface area contributed by atoms with E-state index in [0.717, 1.165) is 18.1 Å². The number of ether oxygens (including phenoxy) is 2. The molecule has 11 nitrogen and oxygen atoms in total. The van der Waals surface area contributed by atoms with E-state index in [-0.39, 0.29) is 29.0 Å². The van der Waals surface area contributed by atoms with Crippen molar-refractivity contribution in [3.63, 3.8) is 0 Å². The highest BCUT2D eigenvalue weighted by atomic mass is 28.4. The Morgan fingerprint density at radius 1 is 1.08 bits per heavy atom. The topological polar surface area (TPSA) is 109 Å². The molecule has 4 aromatic rings. The molecule has 0 N–H and O–H groups in total. The van der Waals surface area contributed by atoms with Crippen molar-refractivity contribution >= 4 is 19.9 Å². The summed E-state index contributed by atoms with van der Waals surface area (Å²) >= 11 is 0. The van der Waals surface area contributed by atoms with Crippen LogP contribution in [0.15, 0.2) is 36.8 Å². The van der Waals surface area contributed by atoms with E-state index in [9.17, 15) is 9.18 Å². The van der Waals surface area contributed by atoms with Gasteiger partial charge < -0.3 is 18.8 Å². The molecule has 1 atom stereocenters. The van der Waals surface area contributed by atoms with Gasteiger partial charge in [-0.25, -0.2) is 22.8 Å². The fraction of sp³-hybridized carbons (Fsp3) is 0.559. The Bertz CT molecular complexity index is 1770. The van der Waals surface area contributed by atoms with Crippen LogP contribution in [-0.2, 0) is 14.7 Å². The third-order valence-electron chi connectivity index (χ3n) is 9.45. The minimum atomic E-state index is -2.22. The fourth-order valence-corrected chi connectivity index (χ4v) is 6.50. The predicted molar refractivity (Wildman–Crippen MR) is 180 cm³/mol. The number of fused-ring (bicyclic) bond motifs is 1. The number of hydrogen-bond acceptors (Lipinski definition) is 8. The van der Waals surface area contributed by atoms with Gasteiger partial charge in [0, 0.05) is 24.8 Å². The third-order valence-corrected chi connectivity index (χ3v) is 14.0. The summed E-state index contributed by atoms with van der Waals surface area (Å²) in [4.78, 5) is 18.7. The van der Waals surface area contributed by atoms with Gasteiger partial charge in [0.2, 0.25) is 0 Å². The second-order valence-electron chi connectivity index (χ2n) is 15.4. The zero-order valence-electron chi connectivity index (χ0n) is 29.6. The molecule has 0 spiro atoms. The first-order valence-electron chi connectivity index (χ1n) is 16.3. The van der Waals surface area contributed by atoms with Crippen LogP contribution in [0.3, 0.4) is 0 Å². The summed E-state index contributed by atoms with van der Waals surface area (Å²) in [6.07, 6.45) is 4.19. The van der Waals surface area contributed by atoms with E-state index < -0.39 is 37.2 Å². The van der Waals surface area contributed by atoms with Gasteiger partial charge in [-0.3, -0.25) is 4.98 Å². The van der Waals surface area contributed by atoms with Crippen LogP contribution in [0.5, 0.6) is 5.75 Å². The molecular weight excluding hydrogens is 637 g/mol. The van der Waals surface area contributed by atoms with Crippen molar-refractivity contribution in [2.45, 2.75) is 104 Å². The summed E-state index contributed by atoms with van der Waals surface area (Å²) in [5.41, 5.74) is 1.65. The second kappa shape index (κ2) is 12.8. The van der Waals surface area contributed by atoms with Crippen LogP contribution in [0.2, 0.25) is 18.1 Å². The monoisotopic (exact) mass is 683 g/mol. The minimum absolute atomic E-state index is 0.0646. The number of hydrogen-bond donors (Lipinski definition) is 0. The number of halogens is 2. The molecule has 1 aliphatic rings. The molecule has 1 saturated heterocycles. The van der Waals surface area contributed by atoms with E-state index in [1.807, 2.05) is 32.4 Å². The molecule has 1 aliphatic heterocycles. The van der Waals surface area contributed by atoms with Crippen LogP contribution in [0.25, 0.3) is 16.8 Å². The highest BCUT2D eigenvalue weighted by Crippen LogP contribution is 2.39. The summed E-state index contributed by atoms with van der Waals surface area (Å²) < 4.78 is 51.0. The summed E-state index contributed by atoms with van der Waals surface area (Å²) in [6.45, 7) is 21.5. The Morgan fingerprint density at radius 2 is 1.77 bits per heavy atom. The second-order valence-corrected chi connectivity index (χ2v) is 20.2. The van der Waals surface area contributed by atoms with Gasteiger partial charge in [0.25, 0.3) is 0 Å². The van der Waals surface area contributed by atoms with E-state index in [4.69, 9.17) is 13.9 Å². The Hall–Kier alpha value is -3.91. The number of pyridine rings is 2. The largest absolute Gasteiger partial charge is 0.479 e. The van der Waals surface area contributed by atoms with Gasteiger partial charge in [0.05, 0.1) is 35.9 Å². The quantitative estimate of drug-likeness (QED) is 0.176. The zero-order chi connectivity index (χ0) is 35.2. The average molecular weight is 684 g/mol. The molecule has 0 bridgehead atoms. The van der Waals surface area contributed by atoms with Crippen LogP contribution in [0, 0.1) is 18.6 Å². The number of piperidine rings is 1. The van der Waals surface area contributed by atoms with Crippen LogP contribution < -0.4 is 4.74 Å². The SMILES string of the molecule is Cc1c(-c2cc(OC(CO[Si](C)(C)C(C)(C)C)c3ccc(F)cn3)c3c(F)cnn3c2)nnn1C1(C)CCN(C(=O)OC(C)(C)C)CC1. The summed E-state index contributed by atoms with van der Waals surface area (Å²) in [5, 5.41) is 13.3. The number of nitrogens with zero attached hydrogens (tertiary/aromatic N) is 7. The molecule has 48 heavy (non-hydrogen) atoms. The molecule has 5 heterocycles.